The Kier molecular flexibility index (Phi) is 5.26. The molecule has 0 saturated heterocycles. The van der Waals surface area contributed by atoms with Gasteiger partial charge in [0.2, 0.25) is 0 Å². The molecule has 2 N–H and O–H groups in total. The summed E-state index contributed by atoms with van der Waals surface area (Å²) in [5.41, 5.74) is 6.67. The lowest BCUT2D eigenvalue weighted by molar-refractivity contribution is -0.0472. The molecule has 0 aliphatic carbocycles. The van der Waals surface area contributed by atoms with Gasteiger partial charge in [0.1, 0.15) is 0 Å². The summed E-state index contributed by atoms with van der Waals surface area (Å²) in [5.74, 6) is 0. The zero-order valence-electron chi connectivity index (χ0n) is 10.5. The monoisotopic (exact) mass is 275 g/mol. The van der Waals surface area contributed by atoms with Crippen LogP contribution in [-0.2, 0) is 4.74 Å². The summed E-state index contributed by atoms with van der Waals surface area (Å²) >= 11 is 12.1. The number of ether oxygens (including phenoxy) is 1. The van der Waals surface area contributed by atoms with Crippen LogP contribution < -0.4 is 5.73 Å². The molecule has 2 nitrogen and oxygen atoms in total. The van der Waals surface area contributed by atoms with Crippen LogP contribution in [0.5, 0.6) is 0 Å². The van der Waals surface area contributed by atoms with Gasteiger partial charge < -0.3 is 10.5 Å². The van der Waals surface area contributed by atoms with Crippen LogP contribution in [-0.4, -0.2) is 12.2 Å². The molecule has 0 bridgehead atoms. The first-order valence-electron chi connectivity index (χ1n) is 5.79. The Morgan fingerprint density at radius 2 is 2.00 bits per heavy atom. The Balaban J connectivity index is 3.09. The Bertz CT molecular complexity index is 384. The first-order valence-corrected chi connectivity index (χ1v) is 6.54. The maximum absolute atomic E-state index is 6.27. The van der Waals surface area contributed by atoms with E-state index in [2.05, 4.69) is 0 Å². The molecule has 0 amide bonds. The first-order chi connectivity index (χ1) is 7.94. The van der Waals surface area contributed by atoms with E-state index in [-0.39, 0.29) is 6.04 Å². The third kappa shape index (κ3) is 3.35. The van der Waals surface area contributed by atoms with Crippen molar-refractivity contribution in [2.24, 2.45) is 5.73 Å². The second-order valence-corrected chi connectivity index (χ2v) is 5.09. The zero-order valence-corrected chi connectivity index (χ0v) is 12.0. The summed E-state index contributed by atoms with van der Waals surface area (Å²) < 4.78 is 5.76. The van der Waals surface area contributed by atoms with E-state index in [4.69, 9.17) is 33.7 Å². The highest BCUT2D eigenvalue weighted by Crippen LogP contribution is 2.35. The first kappa shape index (κ1) is 14.8. The quantitative estimate of drug-likeness (QED) is 0.874. The second-order valence-electron chi connectivity index (χ2n) is 4.24. The summed E-state index contributed by atoms with van der Waals surface area (Å²) in [6.45, 7) is 6.63. The molecule has 0 aliphatic heterocycles. The van der Waals surface area contributed by atoms with Gasteiger partial charge in [-0.05, 0) is 44.0 Å². The van der Waals surface area contributed by atoms with Crippen molar-refractivity contribution in [3.8, 4) is 0 Å². The summed E-state index contributed by atoms with van der Waals surface area (Å²) in [6, 6.07) is 5.03. The summed E-state index contributed by atoms with van der Waals surface area (Å²) in [5, 5.41) is 1.26. The van der Waals surface area contributed by atoms with E-state index < -0.39 is 5.60 Å². The van der Waals surface area contributed by atoms with Crippen molar-refractivity contribution in [1.82, 2.24) is 0 Å². The standard InChI is InChI=1S/C13H19Cl2NO/c1-4-13(3,17-5-2)12(16)10-8-9(14)6-7-11(10)15/h6-8,12H,4-5,16H2,1-3H3. The third-order valence-corrected chi connectivity index (χ3v) is 3.71. The average molecular weight is 276 g/mol. The van der Waals surface area contributed by atoms with Gasteiger partial charge in [0, 0.05) is 16.7 Å². The van der Waals surface area contributed by atoms with Gasteiger partial charge in [-0.25, -0.2) is 0 Å². The van der Waals surface area contributed by atoms with Crippen LogP contribution in [0.1, 0.15) is 38.8 Å². The molecule has 0 spiro atoms. The average Bonchev–Trinajstić information content (AvgIpc) is 2.31. The zero-order chi connectivity index (χ0) is 13.1. The Morgan fingerprint density at radius 1 is 1.35 bits per heavy atom. The number of halogens is 2. The fourth-order valence-corrected chi connectivity index (χ4v) is 2.24. The van der Waals surface area contributed by atoms with Crippen LogP contribution in [0.4, 0.5) is 0 Å². The van der Waals surface area contributed by atoms with Crippen molar-refractivity contribution in [3.63, 3.8) is 0 Å². The van der Waals surface area contributed by atoms with Gasteiger partial charge in [-0.2, -0.15) is 0 Å². The maximum Gasteiger partial charge on any atom is 0.0843 e. The van der Waals surface area contributed by atoms with E-state index >= 15 is 0 Å². The van der Waals surface area contributed by atoms with Crippen LogP contribution in [0.2, 0.25) is 10.0 Å². The Hall–Kier alpha value is -0.280. The predicted octanol–water partition coefficient (Wildman–Crippen LogP) is 4.20. The summed E-state index contributed by atoms with van der Waals surface area (Å²) in [7, 11) is 0. The van der Waals surface area contributed by atoms with Gasteiger partial charge >= 0.3 is 0 Å². The van der Waals surface area contributed by atoms with Crippen molar-refractivity contribution < 1.29 is 4.74 Å². The molecule has 2 unspecified atom stereocenters. The minimum absolute atomic E-state index is 0.293. The van der Waals surface area contributed by atoms with Gasteiger partial charge in [-0.1, -0.05) is 30.1 Å². The van der Waals surface area contributed by atoms with Crippen LogP contribution in [0, 0.1) is 0 Å². The third-order valence-electron chi connectivity index (χ3n) is 3.13. The Labute approximate surface area is 113 Å². The van der Waals surface area contributed by atoms with Gasteiger partial charge in [0.05, 0.1) is 11.6 Å². The highest BCUT2D eigenvalue weighted by Gasteiger charge is 2.32. The lowest BCUT2D eigenvalue weighted by Crippen LogP contribution is -2.40. The fourth-order valence-electron chi connectivity index (χ4n) is 1.82. The largest absolute Gasteiger partial charge is 0.374 e. The van der Waals surface area contributed by atoms with E-state index in [0.717, 1.165) is 12.0 Å². The van der Waals surface area contributed by atoms with E-state index in [1.54, 1.807) is 12.1 Å². The number of hydrogen-bond donors (Lipinski definition) is 1. The van der Waals surface area contributed by atoms with E-state index in [1.165, 1.54) is 0 Å². The lowest BCUT2D eigenvalue weighted by atomic mass is 9.88. The molecule has 4 heteroatoms. The minimum atomic E-state index is -0.428. The minimum Gasteiger partial charge on any atom is -0.374 e. The molecule has 17 heavy (non-hydrogen) atoms. The molecule has 96 valence electrons. The normalized spacial score (nSPS) is 16.6. The molecular formula is C13H19Cl2NO. The molecular weight excluding hydrogens is 257 g/mol. The number of rotatable bonds is 5. The smallest absolute Gasteiger partial charge is 0.0843 e. The van der Waals surface area contributed by atoms with Gasteiger partial charge in [0.15, 0.2) is 0 Å². The molecule has 0 saturated carbocycles. The molecule has 2 atom stereocenters. The topological polar surface area (TPSA) is 35.2 Å². The van der Waals surface area contributed by atoms with E-state index in [9.17, 15) is 0 Å². The molecule has 0 radical (unpaired) electrons. The SMILES string of the molecule is CCOC(C)(CC)C(N)c1cc(Cl)ccc1Cl. The van der Waals surface area contributed by atoms with Crippen molar-refractivity contribution in [2.75, 3.05) is 6.61 Å². The van der Waals surface area contributed by atoms with Crippen molar-refractivity contribution >= 4 is 23.2 Å². The molecule has 0 fully saturated rings. The lowest BCUT2D eigenvalue weighted by Gasteiger charge is -2.35. The van der Waals surface area contributed by atoms with Crippen molar-refractivity contribution in [2.45, 2.75) is 38.8 Å². The summed E-state index contributed by atoms with van der Waals surface area (Å²) in [6.07, 6.45) is 0.810. The van der Waals surface area contributed by atoms with Gasteiger partial charge in [-0.3, -0.25) is 0 Å². The molecule has 1 aromatic carbocycles. The van der Waals surface area contributed by atoms with E-state index in [1.807, 2.05) is 26.8 Å². The molecule has 0 aromatic heterocycles. The molecule has 0 heterocycles. The Morgan fingerprint density at radius 3 is 2.53 bits per heavy atom. The van der Waals surface area contributed by atoms with Crippen LogP contribution in [0.25, 0.3) is 0 Å². The highest BCUT2D eigenvalue weighted by atomic mass is 35.5. The van der Waals surface area contributed by atoms with Gasteiger partial charge in [-0.15, -0.1) is 0 Å². The van der Waals surface area contributed by atoms with E-state index in [0.29, 0.717) is 16.7 Å². The highest BCUT2D eigenvalue weighted by molar-refractivity contribution is 6.33. The fraction of sp³-hybridized carbons (Fsp3) is 0.538. The maximum atomic E-state index is 6.27. The molecule has 1 rings (SSSR count). The van der Waals surface area contributed by atoms with Crippen LogP contribution in [0.3, 0.4) is 0 Å². The predicted molar refractivity (Wildman–Crippen MR) is 73.7 cm³/mol. The molecule has 0 aliphatic rings. The van der Waals surface area contributed by atoms with Gasteiger partial charge in [0.25, 0.3) is 0 Å². The van der Waals surface area contributed by atoms with Crippen LogP contribution >= 0.6 is 23.2 Å². The molecule has 1 aromatic rings. The number of hydrogen-bond acceptors (Lipinski definition) is 2. The number of benzene rings is 1. The van der Waals surface area contributed by atoms with Crippen molar-refractivity contribution in [3.05, 3.63) is 33.8 Å². The second kappa shape index (κ2) is 6.05. The number of nitrogens with two attached hydrogens (primary N) is 1. The van der Waals surface area contributed by atoms with Crippen LogP contribution in [0.15, 0.2) is 18.2 Å². The summed E-state index contributed by atoms with van der Waals surface area (Å²) in [4.78, 5) is 0. The van der Waals surface area contributed by atoms with Crippen molar-refractivity contribution in [1.29, 1.82) is 0 Å².